The van der Waals surface area contributed by atoms with E-state index in [1.54, 1.807) is 0 Å². The van der Waals surface area contributed by atoms with Crippen molar-refractivity contribution in [3.05, 3.63) is 30.1 Å². The van der Waals surface area contributed by atoms with Crippen molar-refractivity contribution in [2.24, 2.45) is 11.8 Å². The van der Waals surface area contributed by atoms with E-state index in [1.165, 1.54) is 11.9 Å². The first kappa shape index (κ1) is 14.1. The van der Waals surface area contributed by atoms with Gasteiger partial charge in [0.2, 0.25) is 0 Å². The van der Waals surface area contributed by atoms with Gasteiger partial charge in [0.05, 0.1) is 29.1 Å². The molecule has 0 amide bonds. The maximum Gasteiger partial charge on any atom is 0.110 e. The van der Waals surface area contributed by atoms with Crippen LogP contribution in [0.5, 0.6) is 0 Å². The summed E-state index contributed by atoms with van der Waals surface area (Å²) in [5.74, 6) is 1.96. The molecule has 1 heterocycles. The highest BCUT2D eigenvalue weighted by Crippen LogP contribution is 2.39. The van der Waals surface area contributed by atoms with Crippen LogP contribution in [0.3, 0.4) is 0 Å². The Morgan fingerprint density at radius 3 is 2.90 bits per heavy atom. The summed E-state index contributed by atoms with van der Waals surface area (Å²) in [6, 6.07) is 11.2. The first-order chi connectivity index (χ1) is 10.2. The first-order valence-corrected chi connectivity index (χ1v) is 8.10. The molecule has 0 radical (unpaired) electrons. The molecule has 2 aromatic rings. The average molecular weight is 281 g/mol. The van der Waals surface area contributed by atoms with E-state index in [1.807, 2.05) is 6.07 Å². The number of hydrogen-bond acceptors (Lipinski definition) is 2. The van der Waals surface area contributed by atoms with Gasteiger partial charge in [-0.05, 0) is 43.7 Å². The van der Waals surface area contributed by atoms with Gasteiger partial charge in [0.25, 0.3) is 0 Å². The van der Waals surface area contributed by atoms with Crippen molar-refractivity contribution in [3.63, 3.8) is 0 Å². The highest BCUT2D eigenvalue weighted by molar-refractivity contribution is 5.76. The number of benzene rings is 1. The zero-order valence-corrected chi connectivity index (χ0v) is 12.9. The molecule has 1 aromatic heterocycles. The Bertz CT molecular complexity index is 665. The van der Waals surface area contributed by atoms with E-state index in [9.17, 15) is 5.26 Å². The second-order valence-electron chi connectivity index (χ2n) is 6.36. The maximum absolute atomic E-state index is 9.56. The van der Waals surface area contributed by atoms with E-state index in [2.05, 4.69) is 42.7 Å². The number of nitrogens with zero attached hydrogens (tertiary/aromatic N) is 3. The van der Waals surface area contributed by atoms with Gasteiger partial charge in [0.1, 0.15) is 5.82 Å². The third-order valence-corrected chi connectivity index (χ3v) is 4.72. The van der Waals surface area contributed by atoms with Gasteiger partial charge in [-0.3, -0.25) is 0 Å². The summed E-state index contributed by atoms with van der Waals surface area (Å²) in [7, 11) is 0. The molecule has 0 bridgehead atoms. The largest absolute Gasteiger partial charge is 0.324 e. The van der Waals surface area contributed by atoms with Crippen LogP contribution in [-0.2, 0) is 6.42 Å². The van der Waals surface area contributed by atoms with Gasteiger partial charge < -0.3 is 4.57 Å². The number of nitriles is 1. The second-order valence-corrected chi connectivity index (χ2v) is 6.36. The highest BCUT2D eigenvalue weighted by atomic mass is 15.1. The Morgan fingerprint density at radius 2 is 2.14 bits per heavy atom. The van der Waals surface area contributed by atoms with Crippen molar-refractivity contribution in [2.75, 3.05) is 0 Å². The number of para-hydroxylation sites is 2. The zero-order valence-electron chi connectivity index (χ0n) is 12.9. The van der Waals surface area contributed by atoms with Crippen molar-refractivity contribution in [1.82, 2.24) is 9.55 Å². The van der Waals surface area contributed by atoms with Crippen molar-refractivity contribution in [3.8, 4) is 6.07 Å². The molecule has 0 spiro atoms. The standard InChI is InChI=1S/C18H23N3/c1-3-6-18-20-15-7-4-5-8-16(15)21(18)17-11-13(2)9-10-14(17)12-19/h4-5,7-8,13-14,17H,3,6,9-11H2,1-2H3. The van der Waals surface area contributed by atoms with Crippen molar-refractivity contribution >= 4 is 11.0 Å². The summed E-state index contributed by atoms with van der Waals surface area (Å²) in [5, 5.41) is 9.56. The van der Waals surface area contributed by atoms with Crippen LogP contribution in [0.2, 0.25) is 0 Å². The van der Waals surface area contributed by atoms with Crippen molar-refractivity contribution < 1.29 is 0 Å². The monoisotopic (exact) mass is 281 g/mol. The molecule has 21 heavy (non-hydrogen) atoms. The third kappa shape index (κ3) is 2.55. The minimum atomic E-state index is 0.120. The van der Waals surface area contributed by atoms with E-state index in [0.29, 0.717) is 5.92 Å². The molecule has 1 fully saturated rings. The van der Waals surface area contributed by atoms with Gasteiger partial charge in [-0.25, -0.2) is 4.98 Å². The first-order valence-electron chi connectivity index (χ1n) is 8.10. The lowest BCUT2D eigenvalue weighted by molar-refractivity contribution is 0.233. The van der Waals surface area contributed by atoms with E-state index in [0.717, 1.165) is 37.0 Å². The molecule has 3 nitrogen and oxygen atoms in total. The van der Waals surface area contributed by atoms with E-state index in [-0.39, 0.29) is 12.0 Å². The fourth-order valence-corrected chi connectivity index (χ4v) is 3.65. The Kier molecular flexibility index (Phi) is 3.96. The molecule has 3 rings (SSSR count). The van der Waals surface area contributed by atoms with Crippen LogP contribution >= 0.6 is 0 Å². The molecular weight excluding hydrogens is 258 g/mol. The smallest absolute Gasteiger partial charge is 0.110 e. The van der Waals surface area contributed by atoms with Crippen molar-refractivity contribution in [1.29, 1.82) is 5.26 Å². The molecule has 110 valence electrons. The van der Waals surface area contributed by atoms with Gasteiger partial charge in [-0.1, -0.05) is 26.0 Å². The number of fused-ring (bicyclic) bond motifs is 1. The molecule has 0 aliphatic heterocycles. The van der Waals surface area contributed by atoms with Crippen LogP contribution in [0.4, 0.5) is 0 Å². The molecule has 0 N–H and O–H groups in total. The predicted octanol–water partition coefficient (Wildman–Crippen LogP) is 4.49. The predicted molar refractivity (Wildman–Crippen MR) is 84.9 cm³/mol. The molecule has 3 heteroatoms. The second kappa shape index (κ2) is 5.89. The number of aryl methyl sites for hydroxylation is 1. The Balaban J connectivity index is 2.12. The van der Waals surface area contributed by atoms with Gasteiger partial charge in [-0.15, -0.1) is 0 Å². The summed E-state index contributed by atoms with van der Waals surface area (Å²) >= 11 is 0. The Hall–Kier alpha value is -1.82. The van der Waals surface area contributed by atoms with Crippen LogP contribution in [0.1, 0.15) is 51.4 Å². The average Bonchev–Trinajstić information content (AvgIpc) is 2.85. The number of rotatable bonds is 3. The number of hydrogen-bond donors (Lipinski definition) is 0. The summed E-state index contributed by atoms with van der Waals surface area (Å²) in [4.78, 5) is 4.82. The normalized spacial score (nSPS) is 25.9. The molecule has 1 aromatic carbocycles. The van der Waals surface area contributed by atoms with Gasteiger partial charge in [0, 0.05) is 6.42 Å². The Morgan fingerprint density at radius 1 is 1.33 bits per heavy atom. The van der Waals surface area contributed by atoms with E-state index in [4.69, 9.17) is 4.98 Å². The lowest BCUT2D eigenvalue weighted by atomic mass is 9.79. The number of imidazole rings is 1. The van der Waals surface area contributed by atoms with Gasteiger partial charge in [0.15, 0.2) is 0 Å². The number of aromatic nitrogens is 2. The molecule has 1 aliphatic carbocycles. The highest BCUT2D eigenvalue weighted by Gasteiger charge is 2.32. The van der Waals surface area contributed by atoms with Gasteiger partial charge in [-0.2, -0.15) is 5.26 Å². The van der Waals surface area contributed by atoms with Crippen molar-refractivity contribution in [2.45, 2.75) is 52.0 Å². The van der Waals surface area contributed by atoms with Crippen LogP contribution < -0.4 is 0 Å². The quantitative estimate of drug-likeness (QED) is 0.831. The fourth-order valence-electron chi connectivity index (χ4n) is 3.65. The van der Waals surface area contributed by atoms with E-state index >= 15 is 0 Å². The topological polar surface area (TPSA) is 41.6 Å². The lowest BCUT2D eigenvalue weighted by Crippen LogP contribution is -2.27. The zero-order chi connectivity index (χ0) is 14.8. The molecule has 3 unspecified atom stereocenters. The summed E-state index contributed by atoms with van der Waals surface area (Å²) < 4.78 is 2.38. The molecule has 1 saturated carbocycles. The molecule has 0 saturated heterocycles. The van der Waals surface area contributed by atoms with Crippen LogP contribution in [0.25, 0.3) is 11.0 Å². The molecular formula is C18H23N3. The maximum atomic E-state index is 9.56. The Labute approximate surface area is 126 Å². The summed E-state index contributed by atoms with van der Waals surface area (Å²) in [6.07, 6.45) is 5.35. The lowest BCUT2D eigenvalue weighted by Gasteiger charge is -2.33. The molecule has 1 aliphatic rings. The minimum Gasteiger partial charge on any atom is -0.324 e. The summed E-state index contributed by atoms with van der Waals surface area (Å²) in [6.45, 7) is 4.49. The van der Waals surface area contributed by atoms with Crippen LogP contribution in [0, 0.1) is 23.2 Å². The van der Waals surface area contributed by atoms with E-state index < -0.39 is 0 Å². The van der Waals surface area contributed by atoms with Crippen LogP contribution in [0.15, 0.2) is 24.3 Å². The fraction of sp³-hybridized carbons (Fsp3) is 0.556. The third-order valence-electron chi connectivity index (χ3n) is 4.72. The van der Waals surface area contributed by atoms with Gasteiger partial charge >= 0.3 is 0 Å². The minimum absolute atomic E-state index is 0.120. The summed E-state index contributed by atoms with van der Waals surface area (Å²) in [5.41, 5.74) is 2.26. The van der Waals surface area contributed by atoms with Crippen LogP contribution in [-0.4, -0.2) is 9.55 Å². The SMILES string of the molecule is CCCc1nc2ccccc2n1C1CC(C)CCC1C#N. The molecule has 3 atom stereocenters.